The molecule has 0 aliphatic carbocycles. The van der Waals surface area contributed by atoms with Crippen molar-refractivity contribution in [2.24, 2.45) is 0 Å². The van der Waals surface area contributed by atoms with Gasteiger partial charge in [-0.1, -0.05) is 12.1 Å². The van der Waals surface area contributed by atoms with E-state index in [-0.39, 0.29) is 0 Å². The van der Waals surface area contributed by atoms with Crippen LogP contribution in [0.3, 0.4) is 0 Å². The van der Waals surface area contributed by atoms with Crippen molar-refractivity contribution in [2.75, 3.05) is 20.2 Å². The minimum Gasteiger partial charge on any atom is -0.496 e. The molecule has 0 radical (unpaired) electrons. The summed E-state index contributed by atoms with van der Waals surface area (Å²) in [6, 6.07) is 6.52. The molecule has 1 N–H and O–H groups in total. The first-order valence-corrected chi connectivity index (χ1v) is 5.66. The van der Waals surface area contributed by atoms with Gasteiger partial charge in [0, 0.05) is 12.5 Å². The number of benzene rings is 1. The smallest absolute Gasteiger partial charge is 0.122 e. The van der Waals surface area contributed by atoms with E-state index in [0.717, 1.165) is 18.8 Å². The molecule has 0 spiro atoms. The van der Waals surface area contributed by atoms with Crippen molar-refractivity contribution in [3.8, 4) is 5.75 Å². The SMILES string of the molecule is COc1cc(C)ccc1[C@H]1CCCNC1. The normalized spacial score (nSPS) is 21.3. The zero-order valence-corrected chi connectivity index (χ0v) is 9.55. The molecule has 0 amide bonds. The topological polar surface area (TPSA) is 21.3 Å². The van der Waals surface area contributed by atoms with E-state index in [2.05, 4.69) is 30.4 Å². The van der Waals surface area contributed by atoms with E-state index < -0.39 is 0 Å². The number of rotatable bonds is 2. The van der Waals surface area contributed by atoms with E-state index in [9.17, 15) is 0 Å². The quantitative estimate of drug-likeness (QED) is 0.801. The van der Waals surface area contributed by atoms with Gasteiger partial charge in [0.1, 0.15) is 5.75 Å². The average Bonchev–Trinajstić information content (AvgIpc) is 2.30. The van der Waals surface area contributed by atoms with E-state index >= 15 is 0 Å². The Morgan fingerprint density at radius 2 is 2.27 bits per heavy atom. The Hall–Kier alpha value is -1.02. The van der Waals surface area contributed by atoms with Crippen molar-refractivity contribution < 1.29 is 4.74 Å². The van der Waals surface area contributed by atoms with Gasteiger partial charge in [0.2, 0.25) is 0 Å². The van der Waals surface area contributed by atoms with E-state index in [1.54, 1.807) is 7.11 Å². The Balaban J connectivity index is 2.25. The molecule has 82 valence electrons. The minimum absolute atomic E-state index is 0.620. The summed E-state index contributed by atoms with van der Waals surface area (Å²) in [5.41, 5.74) is 2.62. The molecular formula is C13H19NO. The third-order valence-corrected chi connectivity index (χ3v) is 3.13. The van der Waals surface area contributed by atoms with E-state index in [4.69, 9.17) is 4.74 Å². The van der Waals surface area contributed by atoms with Gasteiger partial charge in [0.15, 0.2) is 0 Å². The Kier molecular flexibility index (Phi) is 3.27. The van der Waals surface area contributed by atoms with Gasteiger partial charge >= 0.3 is 0 Å². The minimum atomic E-state index is 0.620. The number of nitrogens with one attached hydrogen (secondary N) is 1. The van der Waals surface area contributed by atoms with Gasteiger partial charge in [-0.25, -0.2) is 0 Å². The first-order chi connectivity index (χ1) is 7.31. The molecule has 0 bridgehead atoms. The maximum Gasteiger partial charge on any atom is 0.122 e. The number of piperidine rings is 1. The zero-order valence-electron chi connectivity index (χ0n) is 9.55. The van der Waals surface area contributed by atoms with E-state index in [1.165, 1.54) is 24.0 Å². The summed E-state index contributed by atoms with van der Waals surface area (Å²) in [6.45, 7) is 4.34. The van der Waals surface area contributed by atoms with Crippen LogP contribution in [0.25, 0.3) is 0 Å². The largest absolute Gasteiger partial charge is 0.496 e. The molecule has 2 rings (SSSR count). The van der Waals surface area contributed by atoms with Crippen LogP contribution in [0.15, 0.2) is 18.2 Å². The number of methoxy groups -OCH3 is 1. The Morgan fingerprint density at radius 3 is 2.93 bits per heavy atom. The lowest BCUT2D eigenvalue weighted by molar-refractivity contribution is 0.392. The predicted molar refractivity (Wildman–Crippen MR) is 62.6 cm³/mol. The molecule has 1 aliphatic rings. The van der Waals surface area contributed by atoms with Crippen molar-refractivity contribution in [1.82, 2.24) is 5.32 Å². The predicted octanol–water partition coefficient (Wildman–Crippen LogP) is 2.47. The highest BCUT2D eigenvalue weighted by molar-refractivity contribution is 5.39. The zero-order chi connectivity index (χ0) is 10.7. The number of hydrogen-bond acceptors (Lipinski definition) is 2. The molecule has 1 heterocycles. The van der Waals surface area contributed by atoms with Crippen LogP contribution in [0.5, 0.6) is 5.75 Å². The molecule has 0 unspecified atom stereocenters. The summed E-state index contributed by atoms with van der Waals surface area (Å²) in [5, 5.41) is 3.44. The van der Waals surface area contributed by atoms with Crippen molar-refractivity contribution in [3.63, 3.8) is 0 Å². The highest BCUT2D eigenvalue weighted by Gasteiger charge is 2.18. The van der Waals surface area contributed by atoms with Crippen LogP contribution >= 0.6 is 0 Å². The van der Waals surface area contributed by atoms with Gasteiger partial charge in [-0.3, -0.25) is 0 Å². The Bertz CT molecular complexity index is 329. The van der Waals surface area contributed by atoms with Gasteiger partial charge in [-0.05, 0) is 43.5 Å². The highest BCUT2D eigenvalue weighted by atomic mass is 16.5. The second-order valence-corrected chi connectivity index (χ2v) is 4.29. The lowest BCUT2D eigenvalue weighted by Gasteiger charge is -2.24. The lowest BCUT2D eigenvalue weighted by atomic mass is 9.90. The average molecular weight is 205 g/mol. The molecule has 1 aliphatic heterocycles. The Labute approximate surface area is 91.6 Å². The van der Waals surface area contributed by atoms with Crippen LogP contribution < -0.4 is 10.1 Å². The van der Waals surface area contributed by atoms with Gasteiger partial charge < -0.3 is 10.1 Å². The molecule has 1 aromatic carbocycles. The first-order valence-electron chi connectivity index (χ1n) is 5.66. The summed E-state index contributed by atoms with van der Waals surface area (Å²) in [7, 11) is 1.76. The third kappa shape index (κ3) is 2.32. The van der Waals surface area contributed by atoms with Crippen molar-refractivity contribution in [2.45, 2.75) is 25.7 Å². The van der Waals surface area contributed by atoms with Crippen LogP contribution in [0.1, 0.15) is 29.9 Å². The fourth-order valence-electron chi connectivity index (χ4n) is 2.27. The summed E-state index contributed by atoms with van der Waals surface area (Å²) in [6.07, 6.45) is 2.54. The van der Waals surface area contributed by atoms with Gasteiger partial charge in [0.05, 0.1) is 7.11 Å². The van der Waals surface area contributed by atoms with Gasteiger partial charge in [-0.15, -0.1) is 0 Å². The van der Waals surface area contributed by atoms with Crippen LogP contribution in [0.2, 0.25) is 0 Å². The van der Waals surface area contributed by atoms with Gasteiger partial charge in [0.25, 0.3) is 0 Å². The summed E-state index contributed by atoms with van der Waals surface area (Å²) >= 11 is 0. The van der Waals surface area contributed by atoms with Crippen LogP contribution in [-0.4, -0.2) is 20.2 Å². The molecule has 2 nitrogen and oxygen atoms in total. The standard InChI is InChI=1S/C13H19NO/c1-10-5-6-12(13(8-10)15-2)11-4-3-7-14-9-11/h5-6,8,11,14H,3-4,7,9H2,1-2H3/t11-/m0/s1. The lowest BCUT2D eigenvalue weighted by Crippen LogP contribution is -2.28. The molecule has 0 saturated carbocycles. The molecule has 1 atom stereocenters. The summed E-state index contributed by atoms with van der Waals surface area (Å²) in [5.74, 6) is 1.66. The maximum absolute atomic E-state index is 5.45. The van der Waals surface area contributed by atoms with Crippen molar-refractivity contribution in [1.29, 1.82) is 0 Å². The second kappa shape index (κ2) is 4.67. The second-order valence-electron chi connectivity index (χ2n) is 4.29. The van der Waals surface area contributed by atoms with Crippen LogP contribution in [0, 0.1) is 6.92 Å². The fraction of sp³-hybridized carbons (Fsp3) is 0.538. The summed E-state index contributed by atoms with van der Waals surface area (Å²) < 4.78 is 5.45. The number of aryl methyl sites for hydroxylation is 1. The Morgan fingerprint density at radius 1 is 1.40 bits per heavy atom. The summed E-state index contributed by atoms with van der Waals surface area (Å²) in [4.78, 5) is 0. The van der Waals surface area contributed by atoms with E-state index in [1.807, 2.05) is 0 Å². The molecule has 2 heteroatoms. The fourth-order valence-corrected chi connectivity index (χ4v) is 2.27. The molecule has 0 aromatic heterocycles. The molecule has 1 saturated heterocycles. The highest BCUT2D eigenvalue weighted by Crippen LogP contribution is 2.31. The van der Waals surface area contributed by atoms with Crippen LogP contribution in [0.4, 0.5) is 0 Å². The van der Waals surface area contributed by atoms with E-state index in [0.29, 0.717) is 5.92 Å². The van der Waals surface area contributed by atoms with Crippen molar-refractivity contribution in [3.05, 3.63) is 29.3 Å². The molecular weight excluding hydrogens is 186 g/mol. The maximum atomic E-state index is 5.45. The van der Waals surface area contributed by atoms with Crippen LogP contribution in [-0.2, 0) is 0 Å². The number of hydrogen-bond donors (Lipinski definition) is 1. The van der Waals surface area contributed by atoms with Crippen molar-refractivity contribution >= 4 is 0 Å². The monoisotopic (exact) mass is 205 g/mol. The van der Waals surface area contributed by atoms with Gasteiger partial charge in [-0.2, -0.15) is 0 Å². The molecule has 1 aromatic rings. The third-order valence-electron chi connectivity index (χ3n) is 3.13. The molecule has 15 heavy (non-hydrogen) atoms. The first kappa shape index (κ1) is 10.5. The molecule has 1 fully saturated rings. The number of ether oxygens (including phenoxy) is 1.